The second-order valence-corrected chi connectivity index (χ2v) is 10.4. The standard InChI is InChI=1S/C24H41N3/c1-14(2)18-9-7-16(5)11-20(18)22-13-23(25)27-24(26-22)21-12-17(6)8-10-19(21)15(3)4/h13-21H,7-12H2,1-6H3,(H2,25,26,27). The molecule has 3 rings (SSSR count). The highest BCUT2D eigenvalue weighted by atomic mass is 15.0. The van der Waals surface area contributed by atoms with Crippen molar-refractivity contribution in [1.29, 1.82) is 0 Å². The number of aromatic nitrogens is 2. The molecule has 0 bridgehead atoms. The van der Waals surface area contributed by atoms with E-state index in [9.17, 15) is 0 Å². The zero-order valence-electron chi connectivity index (χ0n) is 18.4. The molecule has 3 nitrogen and oxygen atoms in total. The predicted molar refractivity (Wildman–Crippen MR) is 115 cm³/mol. The number of nitrogen functional groups attached to an aromatic ring is 1. The van der Waals surface area contributed by atoms with Crippen molar-refractivity contribution in [2.45, 2.75) is 91.9 Å². The van der Waals surface area contributed by atoms with E-state index in [1.807, 2.05) is 0 Å². The lowest BCUT2D eigenvalue weighted by Gasteiger charge is -2.39. The van der Waals surface area contributed by atoms with Crippen LogP contribution in [0, 0.1) is 35.5 Å². The summed E-state index contributed by atoms with van der Waals surface area (Å²) in [5, 5.41) is 0. The molecule has 1 heterocycles. The molecule has 2 fully saturated rings. The van der Waals surface area contributed by atoms with Gasteiger partial charge in [0.15, 0.2) is 0 Å². The fraction of sp³-hybridized carbons (Fsp3) is 0.833. The van der Waals surface area contributed by atoms with Gasteiger partial charge in [-0.1, -0.05) is 54.4 Å². The summed E-state index contributed by atoms with van der Waals surface area (Å²) < 4.78 is 0. The van der Waals surface area contributed by atoms with Crippen LogP contribution in [0.15, 0.2) is 6.07 Å². The summed E-state index contributed by atoms with van der Waals surface area (Å²) in [6, 6.07) is 2.08. The second-order valence-electron chi connectivity index (χ2n) is 10.4. The van der Waals surface area contributed by atoms with E-state index in [1.165, 1.54) is 44.2 Å². The van der Waals surface area contributed by atoms with Gasteiger partial charge in [0.05, 0.1) is 0 Å². The van der Waals surface area contributed by atoms with Gasteiger partial charge in [0.1, 0.15) is 11.6 Å². The largest absolute Gasteiger partial charge is 0.384 e. The van der Waals surface area contributed by atoms with E-state index in [0.29, 0.717) is 35.4 Å². The Morgan fingerprint density at radius 1 is 0.815 bits per heavy atom. The van der Waals surface area contributed by atoms with Crippen LogP contribution < -0.4 is 5.73 Å². The van der Waals surface area contributed by atoms with E-state index in [0.717, 1.165) is 23.6 Å². The second kappa shape index (κ2) is 8.49. The van der Waals surface area contributed by atoms with Crippen molar-refractivity contribution in [1.82, 2.24) is 9.97 Å². The van der Waals surface area contributed by atoms with Crippen molar-refractivity contribution < 1.29 is 0 Å². The first-order valence-corrected chi connectivity index (χ1v) is 11.4. The minimum Gasteiger partial charge on any atom is -0.384 e. The van der Waals surface area contributed by atoms with E-state index in [-0.39, 0.29) is 0 Å². The van der Waals surface area contributed by atoms with Crippen molar-refractivity contribution >= 4 is 5.82 Å². The smallest absolute Gasteiger partial charge is 0.134 e. The average Bonchev–Trinajstić information content (AvgIpc) is 2.60. The molecule has 2 N–H and O–H groups in total. The molecule has 0 spiro atoms. The molecule has 2 aliphatic carbocycles. The van der Waals surface area contributed by atoms with Gasteiger partial charge in [-0.2, -0.15) is 0 Å². The molecule has 1 aromatic heterocycles. The Bertz CT molecular complexity index is 574. The lowest BCUT2D eigenvalue weighted by atomic mass is 9.68. The maximum absolute atomic E-state index is 6.33. The van der Waals surface area contributed by atoms with Gasteiger partial charge in [-0.15, -0.1) is 0 Å². The molecule has 152 valence electrons. The highest BCUT2D eigenvalue weighted by Gasteiger charge is 2.36. The molecule has 0 saturated heterocycles. The predicted octanol–water partition coefficient (Wildman–Crippen LogP) is 6.41. The molecule has 2 saturated carbocycles. The Morgan fingerprint density at radius 3 is 1.89 bits per heavy atom. The van der Waals surface area contributed by atoms with Crippen molar-refractivity contribution in [2.75, 3.05) is 5.73 Å². The molecular weight excluding hydrogens is 330 g/mol. The van der Waals surface area contributed by atoms with Crippen LogP contribution in [0.25, 0.3) is 0 Å². The van der Waals surface area contributed by atoms with Gasteiger partial charge in [-0.3, -0.25) is 0 Å². The minimum atomic E-state index is 0.467. The summed E-state index contributed by atoms with van der Waals surface area (Å²) in [4.78, 5) is 10.00. The fourth-order valence-corrected chi connectivity index (χ4v) is 5.90. The minimum absolute atomic E-state index is 0.467. The zero-order valence-corrected chi connectivity index (χ0v) is 18.4. The third kappa shape index (κ3) is 4.66. The molecule has 1 aromatic rings. The maximum Gasteiger partial charge on any atom is 0.134 e. The number of hydrogen-bond acceptors (Lipinski definition) is 3. The zero-order chi connectivity index (χ0) is 19.7. The normalized spacial score (nSPS) is 35.0. The molecule has 2 aliphatic rings. The summed E-state index contributed by atoms with van der Waals surface area (Å²) in [6.45, 7) is 14.2. The number of nitrogens with two attached hydrogens (primary N) is 1. The summed E-state index contributed by atoms with van der Waals surface area (Å²) in [5.74, 6) is 7.03. The van der Waals surface area contributed by atoms with E-state index in [1.54, 1.807) is 0 Å². The molecule has 3 heteroatoms. The summed E-state index contributed by atoms with van der Waals surface area (Å²) >= 11 is 0. The third-order valence-corrected chi connectivity index (χ3v) is 7.54. The quantitative estimate of drug-likeness (QED) is 0.665. The van der Waals surface area contributed by atoms with Gasteiger partial charge in [0, 0.05) is 23.6 Å². The van der Waals surface area contributed by atoms with Crippen LogP contribution in [-0.2, 0) is 0 Å². The summed E-state index contributed by atoms with van der Waals surface area (Å²) in [5.41, 5.74) is 7.56. The average molecular weight is 372 g/mol. The first-order valence-electron chi connectivity index (χ1n) is 11.4. The molecule has 6 unspecified atom stereocenters. The van der Waals surface area contributed by atoms with Gasteiger partial charge < -0.3 is 5.73 Å². The Kier molecular flexibility index (Phi) is 6.48. The highest BCUT2D eigenvalue weighted by molar-refractivity contribution is 5.33. The van der Waals surface area contributed by atoms with Crippen LogP contribution >= 0.6 is 0 Å². The number of anilines is 1. The number of hydrogen-bond donors (Lipinski definition) is 1. The lowest BCUT2D eigenvalue weighted by Crippen LogP contribution is -2.30. The van der Waals surface area contributed by atoms with E-state index >= 15 is 0 Å². The first-order chi connectivity index (χ1) is 12.8. The molecule has 27 heavy (non-hydrogen) atoms. The number of nitrogens with zero attached hydrogens (tertiary/aromatic N) is 2. The van der Waals surface area contributed by atoms with Gasteiger partial charge >= 0.3 is 0 Å². The Morgan fingerprint density at radius 2 is 1.33 bits per heavy atom. The van der Waals surface area contributed by atoms with Gasteiger partial charge in [-0.05, 0) is 61.2 Å². The topological polar surface area (TPSA) is 51.8 Å². The van der Waals surface area contributed by atoms with Crippen molar-refractivity contribution in [2.24, 2.45) is 35.5 Å². The van der Waals surface area contributed by atoms with Crippen LogP contribution in [0.2, 0.25) is 0 Å². The molecular formula is C24H41N3. The summed E-state index contributed by atoms with van der Waals surface area (Å²) in [6.07, 6.45) is 7.75. The van der Waals surface area contributed by atoms with Gasteiger partial charge in [-0.25, -0.2) is 9.97 Å². The Labute approximate surface area is 166 Å². The van der Waals surface area contributed by atoms with Crippen LogP contribution in [0.4, 0.5) is 5.82 Å². The third-order valence-electron chi connectivity index (χ3n) is 7.54. The molecule has 0 aliphatic heterocycles. The van der Waals surface area contributed by atoms with Gasteiger partial charge in [0.2, 0.25) is 0 Å². The molecule has 0 amide bonds. The lowest BCUT2D eigenvalue weighted by molar-refractivity contribution is 0.185. The van der Waals surface area contributed by atoms with E-state index in [2.05, 4.69) is 47.6 Å². The monoisotopic (exact) mass is 371 g/mol. The summed E-state index contributed by atoms with van der Waals surface area (Å²) in [7, 11) is 0. The first kappa shape index (κ1) is 20.6. The van der Waals surface area contributed by atoms with E-state index in [4.69, 9.17) is 15.7 Å². The Balaban J connectivity index is 1.95. The highest BCUT2D eigenvalue weighted by Crippen LogP contribution is 2.46. The van der Waals surface area contributed by atoms with Crippen molar-refractivity contribution in [3.05, 3.63) is 17.6 Å². The molecule has 6 atom stereocenters. The maximum atomic E-state index is 6.33. The van der Waals surface area contributed by atoms with Gasteiger partial charge in [0.25, 0.3) is 0 Å². The molecule has 0 aromatic carbocycles. The van der Waals surface area contributed by atoms with Crippen LogP contribution in [0.5, 0.6) is 0 Å². The van der Waals surface area contributed by atoms with Crippen LogP contribution in [0.3, 0.4) is 0 Å². The van der Waals surface area contributed by atoms with Crippen LogP contribution in [0.1, 0.15) is 103 Å². The SMILES string of the molecule is CC1CCC(C(C)C)C(c2cc(N)nc(C3CC(C)CCC3C(C)C)n2)C1. The van der Waals surface area contributed by atoms with Crippen molar-refractivity contribution in [3.63, 3.8) is 0 Å². The fourth-order valence-electron chi connectivity index (χ4n) is 5.90. The van der Waals surface area contributed by atoms with E-state index < -0.39 is 0 Å². The Hall–Kier alpha value is -1.12. The molecule has 0 radical (unpaired) electrons. The van der Waals surface area contributed by atoms with Crippen LogP contribution in [-0.4, -0.2) is 9.97 Å². The number of rotatable bonds is 4. The van der Waals surface area contributed by atoms with Crippen molar-refractivity contribution in [3.8, 4) is 0 Å².